The summed E-state index contributed by atoms with van der Waals surface area (Å²) >= 11 is 5.54. The van der Waals surface area contributed by atoms with Gasteiger partial charge in [-0.25, -0.2) is 9.97 Å². The first kappa shape index (κ1) is 15.3. The van der Waals surface area contributed by atoms with Gasteiger partial charge in [0.05, 0.1) is 11.2 Å². The van der Waals surface area contributed by atoms with E-state index >= 15 is 0 Å². The number of hydrogen-bond donors (Lipinski definition) is 1. The second kappa shape index (κ2) is 5.57. The molecule has 3 heterocycles. The molecule has 9 heteroatoms. The summed E-state index contributed by atoms with van der Waals surface area (Å²) in [7, 11) is 0. The third kappa shape index (κ3) is 2.71. The van der Waals surface area contributed by atoms with Gasteiger partial charge in [-0.05, 0) is 25.2 Å². The highest BCUT2D eigenvalue weighted by Gasteiger charge is 2.42. The molecule has 1 aromatic heterocycles. The predicted molar refractivity (Wildman–Crippen MR) is 73.5 cm³/mol. The second-order valence-electron chi connectivity index (χ2n) is 5.48. The van der Waals surface area contributed by atoms with Crippen LogP contribution in [0.25, 0.3) is 0 Å². The molecular formula is C13H14ClF3N4O. The van der Waals surface area contributed by atoms with Crippen molar-refractivity contribution in [2.75, 3.05) is 18.0 Å². The first-order chi connectivity index (χ1) is 10.4. The maximum atomic E-state index is 12.9. The lowest BCUT2D eigenvalue weighted by molar-refractivity contribution is -0.141. The zero-order chi connectivity index (χ0) is 15.9. The highest BCUT2D eigenvalue weighted by molar-refractivity contribution is 6.31. The molecule has 2 saturated heterocycles. The van der Waals surface area contributed by atoms with Crippen LogP contribution < -0.4 is 10.2 Å². The Labute approximate surface area is 129 Å². The van der Waals surface area contributed by atoms with Crippen LogP contribution in [0.5, 0.6) is 0 Å². The van der Waals surface area contributed by atoms with Crippen molar-refractivity contribution >= 4 is 23.5 Å². The molecule has 0 radical (unpaired) electrons. The summed E-state index contributed by atoms with van der Waals surface area (Å²) in [4.78, 5) is 21.1. The Balaban J connectivity index is 1.97. The number of nitrogens with zero attached hydrogens (tertiary/aromatic N) is 3. The number of aromatic nitrogens is 2. The monoisotopic (exact) mass is 334 g/mol. The maximum absolute atomic E-state index is 12.9. The van der Waals surface area contributed by atoms with Gasteiger partial charge >= 0.3 is 6.18 Å². The summed E-state index contributed by atoms with van der Waals surface area (Å²) in [6, 6.07) is -0.509. The molecule has 0 saturated carbocycles. The van der Waals surface area contributed by atoms with E-state index in [9.17, 15) is 18.0 Å². The number of fused-ring (bicyclic) bond motifs is 1. The molecule has 2 atom stereocenters. The number of hydrogen-bond acceptors (Lipinski definition) is 4. The largest absolute Gasteiger partial charge is 0.435 e. The number of alkyl halides is 3. The Kier molecular flexibility index (Phi) is 3.88. The normalized spacial score (nSPS) is 25.6. The number of amides is 1. The molecule has 0 bridgehead atoms. The third-order valence-corrected chi connectivity index (χ3v) is 4.37. The fourth-order valence-corrected chi connectivity index (χ4v) is 3.34. The van der Waals surface area contributed by atoms with Gasteiger partial charge in [-0.15, -0.1) is 0 Å². The summed E-state index contributed by atoms with van der Waals surface area (Å²) in [6.45, 7) is 1.05. The maximum Gasteiger partial charge on any atom is 0.435 e. The van der Waals surface area contributed by atoms with Crippen molar-refractivity contribution in [2.45, 2.75) is 31.5 Å². The minimum atomic E-state index is -4.65. The molecular weight excluding hydrogens is 321 g/mol. The van der Waals surface area contributed by atoms with Crippen molar-refractivity contribution in [3.05, 3.63) is 16.9 Å². The minimum Gasteiger partial charge on any atom is -0.354 e. The lowest BCUT2D eigenvalue weighted by Gasteiger charge is -2.42. The molecule has 2 fully saturated rings. The molecule has 0 aliphatic carbocycles. The Hall–Kier alpha value is -1.57. The molecule has 2 aliphatic rings. The lowest BCUT2D eigenvalue weighted by atomic mass is 9.84. The van der Waals surface area contributed by atoms with E-state index in [2.05, 4.69) is 15.3 Å². The van der Waals surface area contributed by atoms with Gasteiger partial charge in [-0.2, -0.15) is 13.2 Å². The van der Waals surface area contributed by atoms with Gasteiger partial charge in [-0.3, -0.25) is 4.79 Å². The summed E-state index contributed by atoms with van der Waals surface area (Å²) in [5, 5.41) is 2.21. The summed E-state index contributed by atoms with van der Waals surface area (Å²) < 4.78 is 38.8. The van der Waals surface area contributed by atoms with Gasteiger partial charge in [0.1, 0.15) is 6.04 Å². The number of anilines is 1. The number of piperidine rings is 2. The van der Waals surface area contributed by atoms with E-state index in [0.29, 0.717) is 13.1 Å². The molecule has 5 nitrogen and oxygen atoms in total. The van der Waals surface area contributed by atoms with Crippen molar-refractivity contribution in [3.8, 4) is 0 Å². The quantitative estimate of drug-likeness (QED) is 0.856. The van der Waals surface area contributed by atoms with Crippen molar-refractivity contribution in [3.63, 3.8) is 0 Å². The van der Waals surface area contributed by atoms with Crippen LogP contribution in [0, 0.1) is 5.92 Å². The number of halogens is 4. The van der Waals surface area contributed by atoms with Crippen molar-refractivity contribution in [2.24, 2.45) is 5.92 Å². The highest BCUT2D eigenvalue weighted by Crippen LogP contribution is 2.36. The van der Waals surface area contributed by atoms with Gasteiger partial charge < -0.3 is 10.2 Å². The van der Waals surface area contributed by atoms with Crippen LogP contribution in [0.3, 0.4) is 0 Å². The van der Waals surface area contributed by atoms with Crippen LogP contribution in [0.2, 0.25) is 5.02 Å². The average molecular weight is 335 g/mol. The van der Waals surface area contributed by atoms with Crippen LogP contribution in [-0.2, 0) is 11.0 Å². The highest BCUT2D eigenvalue weighted by atomic mass is 35.5. The van der Waals surface area contributed by atoms with Gasteiger partial charge in [0.2, 0.25) is 11.9 Å². The van der Waals surface area contributed by atoms with Crippen molar-refractivity contribution < 1.29 is 18.0 Å². The molecule has 0 spiro atoms. The zero-order valence-corrected chi connectivity index (χ0v) is 12.3. The molecule has 1 N–H and O–H groups in total. The van der Waals surface area contributed by atoms with Gasteiger partial charge in [-0.1, -0.05) is 11.6 Å². The smallest absolute Gasteiger partial charge is 0.354 e. The molecule has 0 aromatic carbocycles. The Morgan fingerprint density at radius 2 is 2.14 bits per heavy atom. The molecule has 22 heavy (non-hydrogen) atoms. The van der Waals surface area contributed by atoms with Crippen LogP contribution >= 0.6 is 11.6 Å². The molecule has 2 unspecified atom stereocenters. The topological polar surface area (TPSA) is 58.1 Å². The number of carbonyl (C=O) groups excluding carboxylic acids is 1. The van der Waals surface area contributed by atoms with E-state index in [-0.39, 0.29) is 17.8 Å². The third-order valence-electron chi connectivity index (χ3n) is 4.10. The fourth-order valence-electron chi connectivity index (χ4n) is 3.14. The van der Waals surface area contributed by atoms with Crippen molar-refractivity contribution in [1.29, 1.82) is 0 Å². The minimum absolute atomic E-state index is 0.0940. The van der Waals surface area contributed by atoms with Crippen LogP contribution in [-0.4, -0.2) is 35.0 Å². The molecule has 1 amide bonds. The predicted octanol–water partition coefficient (Wildman–Crippen LogP) is 2.25. The van der Waals surface area contributed by atoms with Gasteiger partial charge in [0.25, 0.3) is 0 Å². The average Bonchev–Trinajstić information content (AvgIpc) is 2.46. The first-order valence-electron chi connectivity index (χ1n) is 7.02. The van der Waals surface area contributed by atoms with E-state index in [1.54, 1.807) is 4.90 Å². The molecule has 120 valence electrons. The number of nitrogens with one attached hydrogen (secondary N) is 1. The Morgan fingerprint density at radius 1 is 1.36 bits per heavy atom. The van der Waals surface area contributed by atoms with E-state index in [1.165, 1.54) is 0 Å². The Bertz CT molecular complexity index is 593. The van der Waals surface area contributed by atoms with Gasteiger partial charge in [0.15, 0.2) is 5.69 Å². The van der Waals surface area contributed by atoms with Gasteiger partial charge in [0, 0.05) is 13.1 Å². The fraction of sp³-hybridized carbons (Fsp3) is 0.615. The SMILES string of the molecule is O=C1NCCC2CCCN(c3ncc(Cl)c(C(F)(F)F)n3)C12. The molecule has 2 aliphatic heterocycles. The lowest BCUT2D eigenvalue weighted by Crippen LogP contribution is -2.58. The van der Waals surface area contributed by atoms with Crippen LogP contribution in [0.4, 0.5) is 19.1 Å². The molecule has 1 aromatic rings. The van der Waals surface area contributed by atoms with E-state index in [1.807, 2.05) is 0 Å². The molecule has 3 rings (SSSR count). The number of carbonyl (C=O) groups is 1. The van der Waals surface area contributed by atoms with Crippen LogP contribution in [0.1, 0.15) is 25.0 Å². The van der Waals surface area contributed by atoms with Crippen molar-refractivity contribution in [1.82, 2.24) is 15.3 Å². The standard InChI is InChI=1S/C13H14ClF3N4O/c14-8-6-19-12(20-10(8)13(15,16)17)21-5-1-2-7-3-4-18-11(22)9(7)21/h6-7,9H,1-5H2,(H,18,22). The van der Waals surface area contributed by atoms with Crippen LogP contribution in [0.15, 0.2) is 6.20 Å². The summed E-state index contributed by atoms with van der Waals surface area (Å²) in [5.41, 5.74) is -1.17. The summed E-state index contributed by atoms with van der Waals surface area (Å²) in [6.07, 6.45) is -1.22. The van der Waals surface area contributed by atoms with E-state index < -0.39 is 22.9 Å². The Morgan fingerprint density at radius 3 is 2.86 bits per heavy atom. The van der Waals surface area contributed by atoms with E-state index in [4.69, 9.17) is 11.6 Å². The zero-order valence-electron chi connectivity index (χ0n) is 11.5. The second-order valence-corrected chi connectivity index (χ2v) is 5.89. The summed E-state index contributed by atoms with van der Waals surface area (Å²) in [5.74, 6) is -0.150. The first-order valence-corrected chi connectivity index (χ1v) is 7.40. The van der Waals surface area contributed by atoms with E-state index in [0.717, 1.165) is 25.5 Å². The number of rotatable bonds is 1.